The number of rotatable bonds is 8. The molecule has 0 aliphatic heterocycles. The van der Waals surface area contributed by atoms with Crippen molar-refractivity contribution >= 4 is 29.3 Å². The number of aromatic amines is 1. The standard InChI is InChI=1S/C21H24N2O6/c1-5-17(25)23-15-9-7-14(8-10-15)16(24)11-29-20(26)18-12(3)19(22-13(18)4)21(27)28-6-2/h7-10,22H,5-6,11H2,1-4H3,(H,23,25). The minimum Gasteiger partial charge on any atom is -0.461 e. The molecule has 0 atom stereocenters. The van der Waals surface area contributed by atoms with E-state index in [4.69, 9.17) is 9.47 Å². The molecule has 1 amide bonds. The average Bonchev–Trinajstić information content (AvgIpc) is 3.00. The van der Waals surface area contributed by atoms with Crippen molar-refractivity contribution in [1.29, 1.82) is 0 Å². The normalized spacial score (nSPS) is 10.3. The van der Waals surface area contributed by atoms with Crippen LogP contribution >= 0.6 is 0 Å². The number of amides is 1. The van der Waals surface area contributed by atoms with Crippen LogP contribution in [-0.2, 0) is 14.3 Å². The Morgan fingerprint density at radius 2 is 1.62 bits per heavy atom. The Morgan fingerprint density at radius 3 is 2.21 bits per heavy atom. The van der Waals surface area contributed by atoms with Crippen molar-refractivity contribution in [2.45, 2.75) is 34.1 Å². The lowest BCUT2D eigenvalue weighted by Crippen LogP contribution is -2.16. The van der Waals surface area contributed by atoms with Gasteiger partial charge in [0.2, 0.25) is 5.91 Å². The van der Waals surface area contributed by atoms with Gasteiger partial charge in [0.1, 0.15) is 5.69 Å². The van der Waals surface area contributed by atoms with E-state index in [0.29, 0.717) is 28.9 Å². The zero-order valence-corrected chi connectivity index (χ0v) is 16.9. The smallest absolute Gasteiger partial charge is 0.355 e. The Morgan fingerprint density at radius 1 is 0.966 bits per heavy atom. The largest absolute Gasteiger partial charge is 0.461 e. The maximum Gasteiger partial charge on any atom is 0.355 e. The number of carbonyl (C=O) groups is 4. The number of ketones is 1. The molecule has 0 fully saturated rings. The maximum atomic E-state index is 12.4. The molecule has 0 saturated carbocycles. The second-order valence-corrected chi connectivity index (χ2v) is 6.32. The van der Waals surface area contributed by atoms with Gasteiger partial charge in [-0.1, -0.05) is 6.92 Å². The lowest BCUT2D eigenvalue weighted by Gasteiger charge is -2.07. The van der Waals surface area contributed by atoms with E-state index >= 15 is 0 Å². The molecule has 0 unspecified atom stereocenters. The van der Waals surface area contributed by atoms with Crippen LogP contribution in [0.1, 0.15) is 62.7 Å². The van der Waals surface area contributed by atoms with Gasteiger partial charge in [-0.15, -0.1) is 0 Å². The summed E-state index contributed by atoms with van der Waals surface area (Å²) in [5.74, 6) is -1.77. The molecule has 29 heavy (non-hydrogen) atoms. The van der Waals surface area contributed by atoms with Gasteiger partial charge in [-0.3, -0.25) is 9.59 Å². The SMILES string of the molecule is CCOC(=O)c1[nH]c(C)c(C(=O)OCC(=O)c2ccc(NC(=O)CC)cc2)c1C. The lowest BCUT2D eigenvalue weighted by molar-refractivity contribution is -0.115. The molecule has 0 bridgehead atoms. The molecular weight excluding hydrogens is 376 g/mol. The van der Waals surface area contributed by atoms with Crippen molar-refractivity contribution < 1.29 is 28.7 Å². The van der Waals surface area contributed by atoms with Gasteiger partial charge in [-0.2, -0.15) is 0 Å². The third-order valence-electron chi connectivity index (χ3n) is 4.27. The summed E-state index contributed by atoms with van der Waals surface area (Å²) in [5, 5.41) is 2.69. The minimum absolute atomic E-state index is 0.127. The van der Waals surface area contributed by atoms with E-state index in [1.807, 2.05) is 0 Å². The molecule has 0 spiro atoms. The summed E-state index contributed by atoms with van der Waals surface area (Å²) in [4.78, 5) is 50.9. The van der Waals surface area contributed by atoms with Gasteiger partial charge in [0.15, 0.2) is 12.4 Å². The molecule has 2 N–H and O–H groups in total. The van der Waals surface area contributed by atoms with E-state index in [2.05, 4.69) is 10.3 Å². The van der Waals surface area contributed by atoms with Gasteiger partial charge >= 0.3 is 11.9 Å². The van der Waals surface area contributed by atoms with Crippen LogP contribution in [0.25, 0.3) is 0 Å². The highest BCUT2D eigenvalue weighted by molar-refractivity contribution is 6.02. The number of benzene rings is 1. The van der Waals surface area contributed by atoms with Gasteiger partial charge < -0.3 is 19.8 Å². The van der Waals surface area contributed by atoms with Crippen LogP contribution in [0.3, 0.4) is 0 Å². The highest BCUT2D eigenvalue weighted by atomic mass is 16.5. The first-order valence-corrected chi connectivity index (χ1v) is 9.24. The van der Waals surface area contributed by atoms with Gasteiger partial charge in [-0.25, -0.2) is 9.59 Å². The molecule has 1 aromatic carbocycles. The average molecular weight is 400 g/mol. The fraction of sp³-hybridized carbons (Fsp3) is 0.333. The third kappa shape index (κ3) is 5.31. The molecule has 154 valence electrons. The second-order valence-electron chi connectivity index (χ2n) is 6.32. The molecule has 2 rings (SSSR count). The topological polar surface area (TPSA) is 115 Å². The summed E-state index contributed by atoms with van der Waals surface area (Å²) >= 11 is 0. The fourth-order valence-electron chi connectivity index (χ4n) is 2.74. The van der Waals surface area contributed by atoms with Crippen molar-refractivity contribution in [3.8, 4) is 0 Å². The van der Waals surface area contributed by atoms with E-state index < -0.39 is 18.5 Å². The van der Waals surface area contributed by atoms with Crippen molar-refractivity contribution in [2.24, 2.45) is 0 Å². The van der Waals surface area contributed by atoms with Crippen molar-refractivity contribution in [3.05, 3.63) is 52.3 Å². The predicted molar refractivity (Wildman–Crippen MR) is 106 cm³/mol. The van der Waals surface area contributed by atoms with E-state index in [0.717, 1.165) is 0 Å². The van der Waals surface area contributed by atoms with E-state index in [9.17, 15) is 19.2 Å². The van der Waals surface area contributed by atoms with Crippen LogP contribution in [0.5, 0.6) is 0 Å². The molecule has 0 saturated heterocycles. The summed E-state index contributed by atoms with van der Waals surface area (Å²) in [5.41, 5.74) is 2.19. The number of anilines is 1. The summed E-state index contributed by atoms with van der Waals surface area (Å²) < 4.78 is 10.1. The number of aryl methyl sites for hydroxylation is 1. The Hall–Kier alpha value is -3.42. The van der Waals surface area contributed by atoms with Gasteiger partial charge in [0.05, 0.1) is 12.2 Å². The number of H-pyrrole nitrogens is 1. The fourth-order valence-corrected chi connectivity index (χ4v) is 2.74. The second kappa shape index (κ2) is 9.68. The molecule has 0 aliphatic carbocycles. The first-order chi connectivity index (χ1) is 13.8. The Balaban J connectivity index is 2.03. The third-order valence-corrected chi connectivity index (χ3v) is 4.27. The number of ether oxygens (including phenoxy) is 2. The van der Waals surface area contributed by atoms with E-state index in [-0.39, 0.29) is 29.6 Å². The van der Waals surface area contributed by atoms with Crippen LogP contribution < -0.4 is 5.32 Å². The first kappa shape index (κ1) is 21.9. The Labute approximate surface area is 168 Å². The molecule has 0 radical (unpaired) electrons. The molecule has 0 aliphatic rings. The lowest BCUT2D eigenvalue weighted by atomic mass is 10.1. The van der Waals surface area contributed by atoms with Crippen LogP contribution in [0, 0.1) is 13.8 Å². The van der Waals surface area contributed by atoms with Crippen molar-refractivity contribution in [3.63, 3.8) is 0 Å². The minimum atomic E-state index is -0.702. The summed E-state index contributed by atoms with van der Waals surface area (Å²) in [6.07, 6.45) is 0.354. The maximum absolute atomic E-state index is 12.4. The van der Waals surface area contributed by atoms with Gasteiger partial charge in [0.25, 0.3) is 0 Å². The van der Waals surface area contributed by atoms with Gasteiger partial charge in [0, 0.05) is 23.4 Å². The van der Waals surface area contributed by atoms with Crippen LogP contribution in [-0.4, -0.2) is 41.8 Å². The monoisotopic (exact) mass is 400 g/mol. The zero-order chi connectivity index (χ0) is 21.6. The molecule has 2 aromatic rings. The molecule has 1 aromatic heterocycles. The molecular formula is C21H24N2O6. The van der Waals surface area contributed by atoms with Crippen molar-refractivity contribution in [2.75, 3.05) is 18.5 Å². The summed E-state index contributed by atoms with van der Waals surface area (Å²) in [7, 11) is 0. The van der Waals surface area contributed by atoms with E-state index in [1.165, 1.54) is 0 Å². The number of hydrogen-bond acceptors (Lipinski definition) is 6. The van der Waals surface area contributed by atoms with Crippen LogP contribution in [0.2, 0.25) is 0 Å². The molecule has 1 heterocycles. The quantitative estimate of drug-likeness (QED) is 0.519. The predicted octanol–water partition coefficient (Wildman–Crippen LogP) is 3.20. The number of esters is 2. The number of Topliss-reactive ketones (excluding diaryl/α,β-unsaturated/α-hetero) is 1. The van der Waals surface area contributed by atoms with Crippen molar-refractivity contribution in [1.82, 2.24) is 4.98 Å². The van der Waals surface area contributed by atoms with Crippen LogP contribution in [0.4, 0.5) is 5.69 Å². The summed E-state index contributed by atoms with van der Waals surface area (Å²) in [6, 6.07) is 6.31. The summed E-state index contributed by atoms with van der Waals surface area (Å²) in [6.45, 7) is 6.44. The Bertz CT molecular complexity index is 927. The van der Waals surface area contributed by atoms with E-state index in [1.54, 1.807) is 52.0 Å². The zero-order valence-electron chi connectivity index (χ0n) is 16.9. The van der Waals surface area contributed by atoms with Crippen LogP contribution in [0.15, 0.2) is 24.3 Å². The number of hydrogen-bond donors (Lipinski definition) is 2. The Kier molecular flexibility index (Phi) is 7.30. The number of carbonyl (C=O) groups excluding carboxylic acids is 4. The highest BCUT2D eigenvalue weighted by Gasteiger charge is 2.24. The first-order valence-electron chi connectivity index (χ1n) is 9.24. The molecule has 8 nitrogen and oxygen atoms in total. The highest BCUT2D eigenvalue weighted by Crippen LogP contribution is 2.20. The number of aromatic nitrogens is 1. The van der Waals surface area contributed by atoms with Gasteiger partial charge in [-0.05, 0) is 50.6 Å². The number of nitrogens with one attached hydrogen (secondary N) is 2. The molecule has 8 heteroatoms.